The van der Waals surface area contributed by atoms with Crippen molar-refractivity contribution in [1.82, 2.24) is 14.5 Å². The van der Waals surface area contributed by atoms with Crippen LogP contribution < -0.4 is 9.46 Å². The van der Waals surface area contributed by atoms with Crippen LogP contribution in [-0.2, 0) is 28.3 Å². The summed E-state index contributed by atoms with van der Waals surface area (Å²) in [4.78, 5) is 0. The molecular weight excluding hydrogens is 531 g/mol. The molecule has 37 heavy (non-hydrogen) atoms. The number of aryl methyl sites for hydroxylation is 1. The van der Waals surface area contributed by atoms with E-state index in [0.29, 0.717) is 35.5 Å². The molecule has 1 aromatic heterocycles. The smallest absolute Gasteiger partial charge is 0.416 e. The van der Waals surface area contributed by atoms with Gasteiger partial charge in [-0.05, 0) is 50.6 Å². The molecule has 0 aliphatic rings. The highest BCUT2D eigenvalue weighted by atomic mass is 32.2. The van der Waals surface area contributed by atoms with Crippen LogP contribution in [0.2, 0.25) is 0 Å². The molecule has 14 heteroatoms. The summed E-state index contributed by atoms with van der Waals surface area (Å²) in [6, 6.07) is 9.48. The number of benzene rings is 2. The second-order valence-corrected chi connectivity index (χ2v) is 10.3. The van der Waals surface area contributed by atoms with Crippen molar-refractivity contribution in [3.05, 3.63) is 65.5 Å². The molecular formula is C23H22F7N3O3S. The molecule has 3 aromatic rings. The van der Waals surface area contributed by atoms with Crippen molar-refractivity contribution in [3.8, 4) is 22.9 Å². The third kappa shape index (κ3) is 7.22. The van der Waals surface area contributed by atoms with E-state index in [1.165, 1.54) is 30.7 Å². The van der Waals surface area contributed by atoms with Crippen LogP contribution in [0.4, 0.5) is 30.7 Å². The van der Waals surface area contributed by atoms with E-state index in [4.69, 9.17) is 4.74 Å². The van der Waals surface area contributed by atoms with Gasteiger partial charge in [-0.1, -0.05) is 18.2 Å². The molecule has 0 aliphatic heterocycles. The Balaban J connectivity index is 1.90. The number of aromatic nitrogens is 2. The molecule has 0 aliphatic carbocycles. The van der Waals surface area contributed by atoms with Gasteiger partial charge in [0, 0.05) is 18.2 Å². The van der Waals surface area contributed by atoms with E-state index in [2.05, 4.69) is 9.82 Å². The first-order valence-electron chi connectivity index (χ1n) is 10.7. The minimum absolute atomic E-state index is 0.119. The normalized spacial score (nSPS) is 13.1. The summed E-state index contributed by atoms with van der Waals surface area (Å²) in [5.41, 5.74) is -1.34. The number of rotatable bonds is 8. The maximum Gasteiger partial charge on any atom is 0.416 e. The minimum Gasteiger partial charge on any atom is -0.434 e. The summed E-state index contributed by atoms with van der Waals surface area (Å²) < 4.78 is 123. The fourth-order valence-electron chi connectivity index (χ4n) is 3.56. The topological polar surface area (TPSA) is 73.2 Å². The third-order valence-corrected chi connectivity index (χ3v) is 6.70. The first-order chi connectivity index (χ1) is 16.9. The lowest BCUT2D eigenvalue weighted by molar-refractivity contribution is -0.137. The summed E-state index contributed by atoms with van der Waals surface area (Å²) in [6.45, 7) is 4.84. The lowest BCUT2D eigenvalue weighted by Gasteiger charge is -2.27. The van der Waals surface area contributed by atoms with E-state index in [1.807, 2.05) is 0 Å². The summed E-state index contributed by atoms with van der Waals surface area (Å²) in [5.74, 6) is -3.87. The Morgan fingerprint density at radius 1 is 0.973 bits per heavy atom. The van der Waals surface area contributed by atoms with E-state index in [-0.39, 0.29) is 5.88 Å². The second kappa shape index (κ2) is 9.97. The van der Waals surface area contributed by atoms with Gasteiger partial charge in [-0.3, -0.25) is 4.68 Å². The fourth-order valence-corrected chi connectivity index (χ4v) is 4.95. The molecule has 1 heterocycles. The van der Waals surface area contributed by atoms with Gasteiger partial charge in [0.25, 0.3) is 0 Å². The summed E-state index contributed by atoms with van der Waals surface area (Å²) in [5, 5.41) is 4.17. The van der Waals surface area contributed by atoms with Crippen LogP contribution in [0.15, 0.2) is 48.5 Å². The average Bonchev–Trinajstić information content (AvgIpc) is 3.15. The second-order valence-electron chi connectivity index (χ2n) is 8.61. The standard InChI is InChI=1S/C23H22F7N3O3S/c1-4-33-18(12-20(31-33)36-19-9-8-16(11-17(19)24)23(28,29)30)14-6-5-7-15(10-14)21(2,3)32-37(34,35)13-22(25,26)27/h5-12,32H,4,13H2,1-3H3. The molecule has 0 radical (unpaired) electrons. The Labute approximate surface area is 208 Å². The van der Waals surface area contributed by atoms with E-state index in [1.54, 1.807) is 25.1 Å². The Morgan fingerprint density at radius 2 is 1.65 bits per heavy atom. The first kappa shape index (κ1) is 28.4. The van der Waals surface area contributed by atoms with Crippen LogP contribution in [0, 0.1) is 5.82 Å². The third-order valence-electron chi connectivity index (χ3n) is 5.18. The average molecular weight is 554 g/mol. The highest BCUT2D eigenvalue weighted by molar-refractivity contribution is 7.89. The quantitative estimate of drug-likeness (QED) is 0.336. The van der Waals surface area contributed by atoms with Crippen molar-refractivity contribution in [2.24, 2.45) is 0 Å². The van der Waals surface area contributed by atoms with E-state index >= 15 is 0 Å². The highest BCUT2D eigenvalue weighted by Crippen LogP contribution is 2.35. The van der Waals surface area contributed by atoms with E-state index < -0.39 is 50.8 Å². The molecule has 0 saturated carbocycles. The van der Waals surface area contributed by atoms with Crippen LogP contribution in [0.1, 0.15) is 31.9 Å². The maximum absolute atomic E-state index is 14.2. The van der Waals surface area contributed by atoms with E-state index in [9.17, 15) is 39.2 Å². The lowest BCUT2D eigenvalue weighted by Crippen LogP contribution is -2.44. The molecule has 0 unspecified atom stereocenters. The molecule has 202 valence electrons. The molecule has 0 fully saturated rings. The first-order valence-corrected chi connectivity index (χ1v) is 12.4. The molecule has 0 atom stereocenters. The number of hydrogen-bond donors (Lipinski definition) is 1. The van der Waals surface area contributed by atoms with Crippen LogP contribution >= 0.6 is 0 Å². The summed E-state index contributed by atoms with van der Waals surface area (Å²) in [6.07, 6.45) is -9.64. The molecule has 1 N–H and O–H groups in total. The molecule has 0 bridgehead atoms. The monoisotopic (exact) mass is 553 g/mol. The molecule has 2 aromatic carbocycles. The van der Waals surface area contributed by atoms with Crippen molar-refractivity contribution >= 4 is 10.0 Å². The number of ether oxygens (including phenoxy) is 1. The maximum atomic E-state index is 14.2. The number of hydrogen-bond acceptors (Lipinski definition) is 4. The molecule has 0 amide bonds. The zero-order valence-electron chi connectivity index (χ0n) is 19.7. The van der Waals surface area contributed by atoms with Crippen molar-refractivity contribution in [2.45, 2.75) is 45.2 Å². The van der Waals surface area contributed by atoms with Crippen LogP contribution in [0.5, 0.6) is 11.6 Å². The van der Waals surface area contributed by atoms with Gasteiger partial charge in [0.15, 0.2) is 17.3 Å². The van der Waals surface area contributed by atoms with Gasteiger partial charge in [-0.2, -0.15) is 26.3 Å². The van der Waals surface area contributed by atoms with Gasteiger partial charge in [0.1, 0.15) is 0 Å². The van der Waals surface area contributed by atoms with Crippen molar-refractivity contribution in [2.75, 3.05) is 5.75 Å². The van der Waals surface area contributed by atoms with Crippen molar-refractivity contribution in [1.29, 1.82) is 0 Å². The molecule has 0 spiro atoms. The van der Waals surface area contributed by atoms with Crippen LogP contribution in [0.3, 0.4) is 0 Å². The molecule has 3 rings (SSSR count). The van der Waals surface area contributed by atoms with Crippen LogP contribution in [-0.4, -0.2) is 30.1 Å². The van der Waals surface area contributed by atoms with Crippen molar-refractivity contribution < 1.29 is 43.9 Å². The SMILES string of the molecule is CCn1nc(Oc2ccc(C(F)(F)F)cc2F)cc1-c1cccc(C(C)(C)NS(=O)(=O)CC(F)(F)F)c1. The Morgan fingerprint density at radius 3 is 2.22 bits per heavy atom. The molecule has 6 nitrogen and oxygen atoms in total. The van der Waals surface area contributed by atoms with Crippen LogP contribution in [0.25, 0.3) is 11.3 Å². The number of alkyl halides is 6. The van der Waals surface area contributed by atoms with Crippen molar-refractivity contribution in [3.63, 3.8) is 0 Å². The Kier molecular flexibility index (Phi) is 7.66. The Hall–Kier alpha value is -3.13. The predicted octanol–water partition coefficient (Wildman–Crippen LogP) is 6.24. The molecule has 0 saturated heterocycles. The largest absolute Gasteiger partial charge is 0.434 e. The Bertz CT molecular complexity index is 1380. The van der Waals surface area contributed by atoms with Gasteiger partial charge in [-0.15, -0.1) is 5.10 Å². The summed E-state index contributed by atoms with van der Waals surface area (Å²) >= 11 is 0. The van der Waals surface area contributed by atoms with Gasteiger partial charge in [0.2, 0.25) is 15.9 Å². The van der Waals surface area contributed by atoms with Gasteiger partial charge >= 0.3 is 12.4 Å². The minimum atomic E-state index is -4.92. The van der Waals surface area contributed by atoms with Gasteiger partial charge < -0.3 is 4.74 Å². The summed E-state index contributed by atoms with van der Waals surface area (Å²) in [7, 11) is -4.70. The zero-order chi connectivity index (χ0) is 27.8. The van der Waals surface area contributed by atoms with Gasteiger partial charge in [-0.25, -0.2) is 17.5 Å². The lowest BCUT2D eigenvalue weighted by atomic mass is 9.93. The number of sulfonamides is 1. The fraction of sp³-hybridized carbons (Fsp3) is 0.348. The van der Waals surface area contributed by atoms with E-state index in [0.717, 1.165) is 6.07 Å². The number of nitrogens with zero attached hydrogens (tertiary/aromatic N) is 2. The number of halogens is 7. The number of nitrogens with one attached hydrogen (secondary N) is 1. The van der Waals surface area contributed by atoms with Gasteiger partial charge in [0.05, 0.1) is 16.8 Å². The predicted molar refractivity (Wildman–Crippen MR) is 121 cm³/mol. The highest BCUT2D eigenvalue weighted by Gasteiger charge is 2.38. The zero-order valence-corrected chi connectivity index (χ0v) is 20.5.